The summed E-state index contributed by atoms with van der Waals surface area (Å²) >= 11 is 11.8. The number of benzene rings is 3. The number of rotatable bonds is 7. The average molecular weight is 427 g/mol. The Morgan fingerprint density at radius 1 is 0.724 bits per heavy atom. The number of amides is 2. The summed E-state index contributed by atoms with van der Waals surface area (Å²) in [5.74, 6) is -0.810. The first kappa shape index (κ1) is 20.9. The van der Waals surface area contributed by atoms with Gasteiger partial charge in [-0.2, -0.15) is 0 Å². The Balaban J connectivity index is 1.59. The third kappa shape index (κ3) is 5.59. The van der Waals surface area contributed by atoms with Crippen LogP contribution in [-0.2, 0) is 4.79 Å². The lowest BCUT2D eigenvalue weighted by Crippen LogP contribution is -2.37. The molecule has 0 saturated heterocycles. The summed E-state index contributed by atoms with van der Waals surface area (Å²) in [6, 6.07) is 23.9. The highest BCUT2D eigenvalue weighted by Gasteiger charge is 2.22. The molecule has 3 rings (SSSR count). The Morgan fingerprint density at radius 3 is 1.83 bits per heavy atom. The highest BCUT2D eigenvalue weighted by atomic mass is 35.5. The number of hydrogen-bond acceptors (Lipinski definition) is 2. The van der Waals surface area contributed by atoms with Crippen LogP contribution in [0.1, 0.15) is 27.4 Å². The molecule has 0 aliphatic rings. The molecule has 6 heteroatoms. The smallest absolute Gasteiger partial charge is 0.251 e. The molecule has 0 aromatic heterocycles. The fraction of sp³-hybridized carbons (Fsp3) is 0.130. The Hall–Kier alpha value is -2.82. The van der Waals surface area contributed by atoms with Crippen molar-refractivity contribution >= 4 is 35.0 Å². The second-order valence-corrected chi connectivity index (χ2v) is 7.24. The third-order valence-electron chi connectivity index (χ3n) is 4.42. The van der Waals surface area contributed by atoms with Crippen LogP contribution < -0.4 is 10.6 Å². The molecule has 2 N–H and O–H groups in total. The molecule has 3 aromatic rings. The van der Waals surface area contributed by atoms with Crippen LogP contribution in [0.15, 0.2) is 78.9 Å². The van der Waals surface area contributed by atoms with E-state index in [9.17, 15) is 9.59 Å². The molecule has 0 saturated carbocycles. The van der Waals surface area contributed by atoms with Crippen LogP contribution in [0.25, 0.3) is 0 Å². The van der Waals surface area contributed by atoms with E-state index in [0.717, 1.165) is 11.1 Å². The van der Waals surface area contributed by atoms with Crippen LogP contribution in [0, 0.1) is 0 Å². The van der Waals surface area contributed by atoms with Gasteiger partial charge in [0.1, 0.15) is 0 Å². The first-order valence-electron chi connectivity index (χ1n) is 9.17. The largest absolute Gasteiger partial charge is 0.354 e. The molecule has 0 spiro atoms. The Labute approximate surface area is 179 Å². The summed E-state index contributed by atoms with van der Waals surface area (Å²) in [5, 5.41) is 6.38. The number of carbonyl (C=O) groups excluding carboxylic acids is 2. The SMILES string of the molecule is O=C(NCCNC(=O)C(c1ccccc1)c1ccccc1)c1ccc(Cl)c(Cl)c1. The van der Waals surface area contributed by atoms with Gasteiger partial charge in [-0.15, -0.1) is 0 Å². The molecule has 0 aliphatic heterocycles. The summed E-state index contributed by atoms with van der Waals surface area (Å²) in [7, 11) is 0. The molecule has 0 atom stereocenters. The van der Waals surface area contributed by atoms with E-state index >= 15 is 0 Å². The van der Waals surface area contributed by atoms with Gasteiger partial charge in [-0.05, 0) is 29.3 Å². The van der Waals surface area contributed by atoms with Crippen molar-refractivity contribution < 1.29 is 9.59 Å². The maximum atomic E-state index is 12.9. The summed E-state index contributed by atoms with van der Waals surface area (Å²) in [6.07, 6.45) is 0. The Kier molecular flexibility index (Phi) is 7.28. The molecule has 0 fully saturated rings. The van der Waals surface area contributed by atoms with Crippen molar-refractivity contribution in [3.05, 3.63) is 106 Å². The molecule has 0 unspecified atom stereocenters. The van der Waals surface area contributed by atoms with Gasteiger partial charge < -0.3 is 10.6 Å². The number of nitrogens with one attached hydrogen (secondary N) is 2. The Morgan fingerprint density at radius 2 is 1.28 bits per heavy atom. The lowest BCUT2D eigenvalue weighted by atomic mass is 9.90. The lowest BCUT2D eigenvalue weighted by Gasteiger charge is -2.18. The van der Waals surface area contributed by atoms with Crippen LogP contribution in [0.2, 0.25) is 10.0 Å². The molecule has 3 aromatic carbocycles. The molecule has 29 heavy (non-hydrogen) atoms. The van der Waals surface area contributed by atoms with E-state index in [1.807, 2.05) is 60.7 Å². The van der Waals surface area contributed by atoms with Gasteiger partial charge in [0.05, 0.1) is 16.0 Å². The van der Waals surface area contributed by atoms with Crippen LogP contribution in [-0.4, -0.2) is 24.9 Å². The van der Waals surface area contributed by atoms with E-state index in [4.69, 9.17) is 23.2 Å². The molecular formula is C23H20Cl2N2O2. The average Bonchev–Trinajstić information content (AvgIpc) is 2.75. The molecule has 148 valence electrons. The van der Waals surface area contributed by atoms with Gasteiger partial charge in [-0.3, -0.25) is 9.59 Å². The highest BCUT2D eigenvalue weighted by Crippen LogP contribution is 2.25. The number of hydrogen-bond donors (Lipinski definition) is 2. The van der Waals surface area contributed by atoms with Crippen molar-refractivity contribution in [2.75, 3.05) is 13.1 Å². The minimum Gasteiger partial charge on any atom is -0.354 e. The van der Waals surface area contributed by atoms with E-state index in [0.29, 0.717) is 28.7 Å². The normalized spacial score (nSPS) is 10.6. The molecule has 0 heterocycles. The van der Waals surface area contributed by atoms with Gasteiger partial charge in [-0.1, -0.05) is 83.9 Å². The van der Waals surface area contributed by atoms with Crippen molar-refractivity contribution in [1.29, 1.82) is 0 Å². The van der Waals surface area contributed by atoms with Gasteiger partial charge in [0.2, 0.25) is 5.91 Å². The van der Waals surface area contributed by atoms with Crippen LogP contribution >= 0.6 is 23.2 Å². The maximum absolute atomic E-state index is 12.9. The molecular weight excluding hydrogens is 407 g/mol. The van der Waals surface area contributed by atoms with Gasteiger partial charge in [0, 0.05) is 18.7 Å². The zero-order valence-corrected chi connectivity index (χ0v) is 17.1. The van der Waals surface area contributed by atoms with E-state index in [1.165, 1.54) is 6.07 Å². The summed E-state index contributed by atoms with van der Waals surface area (Å²) in [5.41, 5.74) is 2.24. The fourth-order valence-corrected chi connectivity index (χ4v) is 3.29. The van der Waals surface area contributed by atoms with Crippen molar-refractivity contribution in [2.24, 2.45) is 0 Å². The topological polar surface area (TPSA) is 58.2 Å². The molecule has 0 radical (unpaired) electrons. The van der Waals surface area contributed by atoms with Gasteiger partial charge >= 0.3 is 0 Å². The molecule has 0 aliphatic carbocycles. The first-order chi connectivity index (χ1) is 14.1. The summed E-state index contributed by atoms with van der Waals surface area (Å²) in [6.45, 7) is 0.600. The monoisotopic (exact) mass is 426 g/mol. The quantitative estimate of drug-likeness (QED) is 0.539. The van der Waals surface area contributed by atoms with E-state index in [2.05, 4.69) is 10.6 Å². The summed E-state index contributed by atoms with van der Waals surface area (Å²) < 4.78 is 0. The standard InChI is InChI=1S/C23H20Cl2N2O2/c24-19-12-11-18(15-20(19)25)22(28)26-13-14-27-23(29)21(16-7-3-1-4-8-16)17-9-5-2-6-10-17/h1-12,15,21H,13-14H2,(H,26,28)(H,27,29). The van der Waals surface area contributed by atoms with E-state index in [1.54, 1.807) is 12.1 Å². The Bertz CT molecular complexity index is 939. The minimum absolute atomic E-state index is 0.119. The van der Waals surface area contributed by atoms with Crippen LogP contribution in [0.3, 0.4) is 0 Å². The van der Waals surface area contributed by atoms with Gasteiger partial charge in [0.15, 0.2) is 0 Å². The second-order valence-electron chi connectivity index (χ2n) is 6.43. The first-order valence-corrected chi connectivity index (χ1v) is 9.92. The summed E-state index contributed by atoms with van der Waals surface area (Å²) in [4.78, 5) is 25.1. The number of halogens is 2. The zero-order chi connectivity index (χ0) is 20.6. The van der Waals surface area contributed by atoms with E-state index < -0.39 is 5.92 Å². The molecule has 2 amide bonds. The van der Waals surface area contributed by atoms with Crippen molar-refractivity contribution in [2.45, 2.75) is 5.92 Å². The van der Waals surface area contributed by atoms with Gasteiger partial charge in [-0.25, -0.2) is 0 Å². The maximum Gasteiger partial charge on any atom is 0.251 e. The second kappa shape index (κ2) is 10.1. The number of carbonyl (C=O) groups is 2. The van der Waals surface area contributed by atoms with Crippen molar-refractivity contribution in [1.82, 2.24) is 10.6 Å². The predicted octanol–water partition coefficient (Wildman–Crippen LogP) is 4.67. The highest BCUT2D eigenvalue weighted by molar-refractivity contribution is 6.42. The van der Waals surface area contributed by atoms with Crippen molar-refractivity contribution in [3.8, 4) is 0 Å². The molecule has 0 bridgehead atoms. The fourth-order valence-electron chi connectivity index (χ4n) is 2.99. The molecule has 4 nitrogen and oxygen atoms in total. The zero-order valence-electron chi connectivity index (χ0n) is 15.6. The lowest BCUT2D eigenvalue weighted by molar-refractivity contribution is -0.121. The van der Waals surface area contributed by atoms with E-state index in [-0.39, 0.29) is 11.8 Å². The third-order valence-corrected chi connectivity index (χ3v) is 5.16. The van der Waals surface area contributed by atoms with Crippen molar-refractivity contribution in [3.63, 3.8) is 0 Å². The predicted molar refractivity (Wildman–Crippen MR) is 117 cm³/mol. The van der Waals surface area contributed by atoms with Gasteiger partial charge in [0.25, 0.3) is 5.91 Å². The van der Waals surface area contributed by atoms with Crippen LogP contribution in [0.4, 0.5) is 0 Å². The minimum atomic E-state index is -0.414. The van der Waals surface area contributed by atoms with Crippen LogP contribution in [0.5, 0.6) is 0 Å².